The number of halogens is 26. The highest BCUT2D eigenvalue weighted by molar-refractivity contribution is 5.11. The van der Waals surface area contributed by atoms with Crippen molar-refractivity contribution in [3.8, 4) is 0 Å². The van der Waals surface area contributed by atoms with Crippen LogP contribution in [0.1, 0.15) is 38.5 Å². The van der Waals surface area contributed by atoms with Crippen molar-refractivity contribution in [2.75, 3.05) is 6.61 Å². The fraction of sp³-hybridized carbons (Fsp3) is 1.00. The summed E-state index contributed by atoms with van der Waals surface area (Å²) in [6.45, 7) is -1.19. The minimum absolute atomic E-state index is 0.938. The zero-order valence-electron chi connectivity index (χ0n) is 21.8. The van der Waals surface area contributed by atoms with Crippen LogP contribution in [0, 0.1) is 5.92 Å². The summed E-state index contributed by atoms with van der Waals surface area (Å²) in [4.78, 5) is 0. The Morgan fingerprint density at radius 2 is 0.553 bits per heavy atom. The van der Waals surface area contributed by atoms with Gasteiger partial charge in [0, 0.05) is 19.4 Å². The molecule has 0 aliphatic rings. The molecule has 0 unspecified atom stereocenters. The largest absolute Gasteiger partial charge is 0.460 e. The van der Waals surface area contributed by atoms with Crippen LogP contribution in [-0.4, -0.2) is 83.3 Å². The van der Waals surface area contributed by atoms with E-state index in [0.717, 1.165) is 0 Å². The fourth-order valence-corrected chi connectivity index (χ4v) is 3.50. The third-order valence-electron chi connectivity index (χ3n) is 6.50. The summed E-state index contributed by atoms with van der Waals surface area (Å²) < 4.78 is 343. The highest BCUT2D eigenvalue weighted by atomic mass is 19.4. The van der Waals surface area contributed by atoms with Gasteiger partial charge in [-0.2, -0.15) is 114 Å². The molecular weight excluding hydrogens is 750 g/mol. The van der Waals surface area contributed by atoms with Gasteiger partial charge in [-0.05, 0) is 31.6 Å². The molecule has 0 atom stereocenters. The predicted octanol–water partition coefficient (Wildman–Crippen LogP) is 10.4. The van der Waals surface area contributed by atoms with Crippen molar-refractivity contribution in [1.82, 2.24) is 0 Å². The van der Waals surface area contributed by atoms with Crippen molar-refractivity contribution in [1.29, 1.82) is 0 Å². The van der Waals surface area contributed by atoms with Crippen LogP contribution in [0.25, 0.3) is 0 Å². The lowest BCUT2D eigenvalue weighted by Crippen LogP contribution is -2.70. The van der Waals surface area contributed by atoms with E-state index in [2.05, 4.69) is 0 Å². The SMILES string of the molecule is OCCCC(CCC(F)(F)C(F)(F)C(F)(F)C(F)(F)C(F)(F)C(F)(F)F)CCC(F)(F)C(F)(F)C(F)(F)C(F)(F)C(F)(F)C(F)(F)F. The lowest BCUT2D eigenvalue weighted by atomic mass is 9.85. The first-order valence-corrected chi connectivity index (χ1v) is 11.7. The summed E-state index contributed by atoms with van der Waals surface area (Å²) in [7, 11) is 0. The van der Waals surface area contributed by atoms with E-state index in [9.17, 15) is 114 Å². The first-order chi connectivity index (χ1) is 20.1. The molecule has 47 heavy (non-hydrogen) atoms. The maximum absolute atomic E-state index is 14.0. The van der Waals surface area contributed by atoms with Gasteiger partial charge in [0.25, 0.3) is 0 Å². The quantitative estimate of drug-likeness (QED) is 0.146. The van der Waals surface area contributed by atoms with Gasteiger partial charge in [0.05, 0.1) is 0 Å². The van der Waals surface area contributed by atoms with Crippen LogP contribution in [0.15, 0.2) is 0 Å². The van der Waals surface area contributed by atoms with Gasteiger partial charge in [0.1, 0.15) is 0 Å². The smallest absolute Gasteiger partial charge is 0.396 e. The Bertz CT molecular complexity index is 958. The molecule has 0 saturated carbocycles. The topological polar surface area (TPSA) is 20.2 Å². The van der Waals surface area contributed by atoms with Gasteiger partial charge in [0.2, 0.25) is 0 Å². The number of alkyl halides is 26. The van der Waals surface area contributed by atoms with Gasteiger partial charge in [-0.1, -0.05) is 0 Å². The molecule has 1 N–H and O–H groups in total. The molecule has 1 nitrogen and oxygen atoms in total. The molecule has 0 heterocycles. The molecule has 0 aromatic heterocycles. The monoisotopic (exact) mass is 766 g/mol. The summed E-state index contributed by atoms with van der Waals surface area (Å²) in [6, 6.07) is 0. The first-order valence-electron chi connectivity index (χ1n) is 11.7. The molecule has 0 aromatic carbocycles. The second kappa shape index (κ2) is 12.8. The Morgan fingerprint density at radius 3 is 0.766 bits per heavy atom. The molecule has 284 valence electrons. The zero-order chi connectivity index (χ0) is 38.5. The van der Waals surface area contributed by atoms with E-state index in [0.29, 0.717) is 0 Å². The normalized spacial score (nSPS) is 16.3. The van der Waals surface area contributed by atoms with Gasteiger partial charge in [-0.3, -0.25) is 0 Å². The highest BCUT2D eigenvalue weighted by Gasteiger charge is 2.92. The van der Waals surface area contributed by atoms with E-state index in [1.54, 1.807) is 0 Å². The van der Waals surface area contributed by atoms with E-state index in [-0.39, 0.29) is 0 Å². The van der Waals surface area contributed by atoms with Crippen LogP contribution in [0.5, 0.6) is 0 Å². The first kappa shape index (κ1) is 45.1. The van der Waals surface area contributed by atoms with Crippen LogP contribution < -0.4 is 0 Å². The summed E-state index contributed by atoms with van der Waals surface area (Å²) >= 11 is 0. The van der Waals surface area contributed by atoms with Crippen LogP contribution in [0.4, 0.5) is 114 Å². The Hall–Kier alpha value is -1.86. The second-order valence-corrected chi connectivity index (χ2v) is 9.81. The van der Waals surface area contributed by atoms with Crippen LogP contribution >= 0.6 is 0 Å². The number of aliphatic hydroxyl groups excluding tert-OH is 1. The van der Waals surface area contributed by atoms with E-state index in [1.807, 2.05) is 0 Å². The van der Waals surface area contributed by atoms with Crippen LogP contribution in [0.3, 0.4) is 0 Å². The lowest BCUT2D eigenvalue weighted by molar-refractivity contribution is -0.440. The molecule has 0 aromatic rings. The number of hydrogen-bond donors (Lipinski definition) is 1. The van der Waals surface area contributed by atoms with Gasteiger partial charge in [0.15, 0.2) is 0 Å². The maximum atomic E-state index is 14.0. The third kappa shape index (κ3) is 7.23. The summed E-state index contributed by atoms with van der Waals surface area (Å²) in [5.74, 6) is -81.5. The molecule has 0 amide bonds. The summed E-state index contributed by atoms with van der Waals surface area (Å²) in [5.41, 5.74) is 0. The molecule has 0 radical (unpaired) electrons. The Morgan fingerprint density at radius 1 is 0.319 bits per heavy atom. The summed E-state index contributed by atoms with van der Waals surface area (Å²) in [5, 5.41) is 8.68. The van der Waals surface area contributed by atoms with Gasteiger partial charge in [-0.15, -0.1) is 0 Å². The van der Waals surface area contributed by atoms with E-state index in [1.165, 1.54) is 0 Å². The maximum Gasteiger partial charge on any atom is 0.460 e. The van der Waals surface area contributed by atoms with E-state index < -0.39 is 123 Å². The Kier molecular flexibility index (Phi) is 12.3. The Balaban J connectivity index is 6.36. The van der Waals surface area contributed by atoms with Crippen LogP contribution in [-0.2, 0) is 0 Å². The second-order valence-electron chi connectivity index (χ2n) is 9.81. The van der Waals surface area contributed by atoms with Crippen molar-refractivity contribution in [2.45, 2.75) is 110 Å². The highest BCUT2D eigenvalue weighted by Crippen LogP contribution is 2.62. The minimum Gasteiger partial charge on any atom is -0.396 e. The Labute approximate surface area is 243 Å². The van der Waals surface area contributed by atoms with Crippen molar-refractivity contribution in [2.24, 2.45) is 5.92 Å². The van der Waals surface area contributed by atoms with Crippen LogP contribution in [0.2, 0.25) is 0 Å². The number of rotatable bonds is 17. The standard InChI is InChI=1S/C20H16F26O/c21-9(22,11(25,26)13(29,30)15(33,34)17(37,38)19(41,42)43)5-3-8(2-1-7-47)4-6-10(23,24)12(27,28)14(31,32)16(35,36)18(39,40)20(44,45)46/h8,47H,1-7H2. The van der Waals surface area contributed by atoms with Crippen molar-refractivity contribution < 1.29 is 119 Å². The van der Waals surface area contributed by atoms with E-state index >= 15 is 0 Å². The number of hydrogen-bond acceptors (Lipinski definition) is 1. The average Bonchev–Trinajstić information content (AvgIpc) is 2.85. The van der Waals surface area contributed by atoms with Crippen molar-refractivity contribution >= 4 is 0 Å². The molecule has 0 fully saturated rings. The zero-order valence-corrected chi connectivity index (χ0v) is 21.8. The van der Waals surface area contributed by atoms with Crippen molar-refractivity contribution in [3.63, 3.8) is 0 Å². The molecular formula is C20H16F26O. The molecule has 0 aliphatic carbocycles. The lowest BCUT2D eigenvalue weighted by Gasteiger charge is -2.40. The molecule has 0 rings (SSSR count). The number of aliphatic hydroxyl groups is 1. The van der Waals surface area contributed by atoms with Gasteiger partial charge in [-0.25, -0.2) is 0 Å². The molecule has 0 spiro atoms. The molecule has 0 saturated heterocycles. The van der Waals surface area contributed by atoms with E-state index in [4.69, 9.17) is 5.11 Å². The predicted molar refractivity (Wildman–Crippen MR) is 99.9 cm³/mol. The molecule has 0 bridgehead atoms. The van der Waals surface area contributed by atoms with Gasteiger partial charge < -0.3 is 5.11 Å². The molecule has 27 heteroatoms. The van der Waals surface area contributed by atoms with Gasteiger partial charge >= 0.3 is 71.6 Å². The third-order valence-corrected chi connectivity index (χ3v) is 6.50. The molecule has 0 aliphatic heterocycles. The average molecular weight is 766 g/mol. The summed E-state index contributed by atoms with van der Waals surface area (Å²) in [6.07, 6.45) is -28.3. The fourth-order valence-electron chi connectivity index (χ4n) is 3.50. The minimum atomic E-state index is -8.34. The van der Waals surface area contributed by atoms with Crippen molar-refractivity contribution in [3.05, 3.63) is 0 Å².